The summed E-state index contributed by atoms with van der Waals surface area (Å²) >= 11 is 13.4. The number of benzene rings is 1. The number of unbranched alkanes of at least 4 members (excludes halogenated alkanes) is 2. The molecule has 9 heteroatoms. The van der Waals surface area contributed by atoms with Crippen molar-refractivity contribution in [3.05, 3.63) is 23.2 Å². The Morgan fingerprint density at radius 3 is 2.39 bits per heavy atom. The van der Waals surface area contributed by atoms with E-state index in [0.717, 1.165) is 12.8 Å². The van der Waals surface area contributed by atoms with Crippen LogP contribution in [0.25, 0.3) is 0 Å². The lowest BCUT2D eigenvalue weighted by Crippen LogP contribution is -2.37. The van der Waals surface area contributed by atoms with Crippen LogP contribution in [0.4, 0.5) is 5.69 Å². The number of nitrogens with zero attached hydrogens (tertiary/aromatic N) is 1. The Labute approximate surface area is 203 Å². The fourth-order valence-electron chi connectivity index (χ4n) is 5.35. The highest BCUT2D eigenvalue weighted by Gasteiger charge is 2.66. The summed E-state index contributed by atoms with van der Waals surface area (Å²) in [7, 11) is 1.54. The van der Waals surface area contributed by atoms with Gasteiger partial charge in [-0.1, -0.05) is 49.9 Å². The molecule has 31 heavy (non-hydrogen) atoms. The molecule has 3 aliphatic rings. The van der Waals surface area contributed by atoms with Crippen LogP contribution in [-0.4, -0.2) is 45.9 Å². The van der Waals surface area contributed by atoms with E-state index >= 15 is 0 Å². The summed E-state index contributed by atoms with van der Waals surface area (Å²) in [6.07, 6.45) is 3.44. The van der Waals surface area contributed by atoms with Gasteiger partial charge in [-0.2, -0.15) is 0 Å². The molecule has 0 radical (unpaired) electrons. The standard InChI is InChI=1S/C22H25Br2ClN2O4/c1-31-15-7-6-11(25)9-14(15)26-16(28)5-3-2-4-8-27-21(29)17-12-10-13(18(17)22(27)30)20(24)19(12)23/h6-7,9,12-13,17-20H,2-5,8,10H2,1H3,(H,26,28)/t12-,13-,17-,18-,19-,20+/m0/s1. The summed E-state index contributed by atoms with van der Waals surface area (Å²) < 4.78 is 5.24. The van der Waals surface area contributed by atoms with E-state index in [4.69, 9.17) is 16.3 Å². The van der Waals surface area contributed by atoms with Gasteiger partial charge in [0.2, 0.25) is 17.7 Å². The molecule has 168 valence electrons. The molecule has 1 N–H and O–H groups in total. The molecule has 2 bridgehead atoms. The van der Waals surface area contributed by atoms with Crippen molar-refractivity contribution < 1.29 is 19.1 Å². The molecule has 0 unspecified atom stereocenters. The van der Waals surface area contributed by atoms with E-state index in [2.05, 4.69) is 37.2 Å². The number of nitrogens with one attached hydrogen (secondary N) is 1. The van der Waals surface area contributed by atoms with Gasteiger partial charge in [0.1, 0.15) is 5.75 Å². The largest absolute Gasteiger partial charge is 0.495 e. The Hall–Kier alpha value is -1.12. The second-order valence-electron chi connectivity index (χ2n) is 8.54. The van der Waals surface area contributed by atoms with Gasteiger partial charge in [0.15, 0.2) is 0 Å². The third kappa shape index (κ3) is 4.27. The monoisotopic (exact) mass is 574 g/mol. The number of rotatable bonds is 8. The zero-order valence-electron chi connectivity index (χ0n) is 17.2. The average molecular weight is 577 g/mol. The van der Waals surface area contributed by atoms with Gasteiger partial charge in [0, 0.05) is 27.6 Å². The molecule has 6 atom stereocenters. The van der Waals surface area contributed by atoms with Crippen LogP contribution in [0, 0.1) is 23.7 Å². The van der Waals surface area contributed by atoms with Crippen LogP contribution in [0.2, 0.25) is 5.02 Å². The Morgan fingerprint density at radius 1 is 1.13 bits per heavy atom. The van der Waals surface area contributed by atoms with Crippen molar-refractivity contribution in [2.75, 3.05) is 19.0 Å². The van der Waals surface area contributed by atoms with Crippen molar-refractivity contribution in [2.45, 2.75) is 41.8 Å². The summed E-state index contributed by atoms with van der Waals surface area (Å²) in [4.78, 5) is 40.0. The van der Waals surface area contributed by atoms with Crippen LogP contribution in [0.15, 0.2) is 18.2 Å². The van der Waals surface area contributed by atoms with Crippen molar-refractivity contribution >= 4 is 66.9 Å². The van der Waals surface area contributed by atoms with Gasteiger partial charge in [-0.3, -0.25) is 19.3 Å². The van der Waals surface area contributed by atoms with Gasteiger partial charge in [0.05, 0.1) is 24.6 Å². The molecule has 2 saturated carbocycles. The second kappa shape index (κ2) is 9.40. The van der Waals surface area contributed by atoms with Gasteiger partial charge in [0.25, 0.3) is 0 Å². The molecule has 4 rings (SSSR count). The maximum Gasteiger partial charge on any atom is 0.233 e. The van der Waals surface area contributed by atoms with Crippen LogP contribution in [-0.2, 0) is 14.4 Å². The number of hydrogen-bond donors (Lipinski definition) is 1. The number of alkyl halides is 2. The maximum absolute atomic E-state index is 12.9. The normalized spacial score (nSPS) is 31.3. The third-order valence-electron chi connectivity index (χ3n) is 6.80. The Morgan fingerprint density at radius 2 is 1.77 bits per heavy atom. The molecule has 1 aromatic rings. The van der Waals surface area contributed by atoms with E-state index < -0.39 is 0 Å². The van der Waals surface area contributed by atoms with Crippen molar-refractivity contribution in [2.24, 2.45) is 23.7 Å². The summed E-state index contributed by atoms with van der Waals surface area (Å²) in [5.41, 5.74) is 0.546. The number of likely N-dealkylation sites (tertiary alicyclic amines) is 1. The summed E-state index contributed by atoms with van der Waals surface area (Å²) in [5.74, 6) is 0.602. The Kier molecular flexibility index (Phi) is 6.99. The summed E-state index contributed by atoms with van der Waals surface area (Å²) in [6, 6.07) is 5.06. The van der Waals surface area contributed by atoms with E-state index in [1.165, 1.54) is 12.0 Å². The predicted octanol–water partition coefficient (Wildman–Crippen LogP) is 4.63. The Balaban J connectivity index is 1.22. The predicted molar refractivity (Wildman–Crippen MR) is 126 cm³/mol. The number of ether oxygens (including phenoxy) is 1. The van der Waals surface area contributed by atoms with Gasteiger partial charge in [-0.15, -0.1) is 0 Å². The van der Waals surface area contributed by atoms with Gasteiger partial charge >= 0.3 is 0 Å². The SMILES string of the molecule is COc1ccc(Cl)cc1NC(=O)CCCCCN1C(=O)[C@H]2[C@@H]3C[C@H]([C@@H](Br)[C@H]3Br)[C@@H]2C1=O. The molecule has 0 spiro atoms. The number of methoxy groups -OCH3 is 1. The number of imide groups is 1. The quantitative estimate of drug-likeness (QED) is 0.278. The van der Waals surface area contributed by atoms with Crippen molar-refractivity contribution in [1.29, 1.82) is 0 Å². The fraction of sp³-hybridized carbons (Fsp3) is 0.591. The first-order valence-corrected chi connectivity index (χ1v) is 12.8. The van der Waals surface area contributed by atoms with Crippen molar-refractivity contribution in [1.82, 2.24) is 4.90 Å². The van der Waals surface area contributed by atoms with Crippen molar-refractivity contribution in [3.8, 4) is 5.75 Å². The molecule has 1 heterocycles. The molecule has 0 aromatic heterocycles. The number of halogens is 3. The number of anilines is 1. The second-order valence-corrected chi connectivity index (χ2v) is 11.1. The fourth-order valence-corrected chi connectivity index (χ4v) is 7.40. The van der Waals surface area contributed by atoms with Crippen LogP contribution in [0.5, 0.6) is 5.75 Å². The zero-order chi connectivity index (χ0) is 22.3. The highest BCUT2D eigenvalue weighted by atomic mass is 79.9. The van der Waals surface area contributed by atoms with Crippen LogP contribution in [0.3, 0.4) is 0 Å². The van der Waals surface area contributed by atoms with E-state index in [1.54, 1.807) is 18.2 Å². The minimum absolute atomic E-state index is 0.00264. The van der Waals surface area contributed by atoms with E-state index in [9.17, 15) is 14.4 Å². The minimum Gasteiger partial charge on any atom is -0.495 e. The number of carbonyl (C=O) groups excluding carboxylic acids is 3. The lowest BCUT2D eigenvalue weighted by atomic mass is 9.81. The molecule has 3 fully saturated rings. The topological polar surface area (TPSA) is 75.7 Å². The smallest absolute Gasteiger partial charge is 0.233 e. The van der Waals surface area contributed by atoms with E-state index in [-0.39, 0.29) is 51.0 Å². The average Bonchev–Trinajstić information content (AvgIpc) is 3.34. The van der Waals surface area contributed by atoms with Gasteiger partial charge in [-0.25, -0.2) is 0 Å². The number of fused-ring (bicyclic) bond motifs is 5. The minimum atomic E-state index is -0.158. The summed E-state index contributed by atoms with van der Waals surface area (Å²) in [5, 5.41) is 3.34. The molecular formula is C22H25Br2ClN2O4. The number of carbonyl (C=O) groups is 3. The third-order valence-corrected chi connectivity index (χ3v) is 10.2. The molecule has 1 aliphatic heterocycles. The molecule has 6 nitrogen and oxygen atoms in total. The van der Waals surface area contributed by atoms with Crippen molar-refractivity contribution in [3.63, 3.8) is 0 Å². The molecule has 1 saturated heterocycles. The molecule has 2 aliphatic carbocycles. The lowest BCUT2D eigenvalue weighted by Gasteiger charge is -2.28. The van der Waals surface area contributed by atoms with Gasteiger partial charge in [-0.05, 0) is 49.3 Å². The first kappa shape index (κ1) is 23.1. The Bertz CT molecular complexity index is 866. The maximum atomic E-state index is 12.9. The number of amides is 3. The van der Waals surface area contributed by atoms with Crippen LogP contribution >= 0.6 is 43.5 Å². The first-order valence-electron chi connectivity index (χ1n) is 10.6. The highest BCUT2D eigenvalue weighted by molar-refractivity contribution is 9.12. The van der Waals surface area contributed by atoms with Gasteiger partial charge < -0.3 is 10.1 Å². The summed E-state index contributed by atoms with van der Waals surface area (Å²) in [6.45, 7) is 0.438. The molecule has 1 aromatic carbocycles. The van der Waals surface area contributed by atoms with E-state index in [0.29, 0.717) is 42.3 Å². The highest BCUT2D eigenvalue weighted by Crippen LogP contribution is 2.60. The molecule has 3 amide bonds. The van der Waals surface area contributed by atoms with Crippen LogP contribution in [0.1, 0.15) is 32.1 Å². The first-order chi connectivity index (χ1) is 14.8. The zero-order valence-corrected chi connectivity index (χ0v) is 21.1. The van der Waals surface area contributed by atoms with Crippen LogP contribution < -0.4 is 10.1 Å². The number of hydrogen-bond acceptors (Lipinski definition) is 4. The van der Waals surface area contributed by atoms with E-state index in [1.807, 2.05) is 0 Å². The molecular weight excluding hydrogens is 552 g/mol. The lowest BCUT2D eigenvalue weighted by molar-refractivity contribution is -0.140.